The molecule has 0 rings (SSSR count). The average molecular weight is 259 g/mol. The minimum absolute atomic E-state index is 0.335. The molecule has 0 bridgehead atoms. The highest BCUT2D eigenvalue weighted by molar-refractivity contribution is 7.99. The molecule has 0 aliphatic rings. The third kappa shape index (κ3) is 7.81. The summed E-state index contributed by atoms with van der Waals surface area (Å²) in [5.74, 6) is 0.842. The van der Waals surface area contributed by atoms with Gasteiger partial charge in [-0.3, -0.25) is 10.1 Å². The Morgan fingerprint density at radius 2 is 2.12 bits per heavy atom. The molecule has 0 radical (unpaired) electrons. The van der Waals surface area contributed by atoms with Crippen molar-refractivity contribution in [3.63, 3.8) is 0 Å². The second-order valence-corrected chi connectivity index (χ2v) is 4.45. The Labute approximate surface area is 97.1 Å². The summed E-state index contributed by atoms with van der Waals surface area (Å²) in [5, 5.41) is 2.16. The Balaban J connectivity index is 4.06. The fourth-order valence-corrected chi connectivity index (χ4v) is 1.72. The van der Waals surface area contributed by atoms with Crippen LogP contribution in [0.2, 0.25) is 0 Å². The number of esters is 1. The SMILES string of the molecule is CCSCCC(NCC(F)(F)F)C(=O)OC. The lowest BCUT2D eigenvalue weighted by Crippen LogP contribution is -2.43. The molecule has 0 saturated carbocycles. The highest BCUT2D eigenvalue weighted by atomic mass is 32.2. The number of ether oxygens (including phenoxy) is 1. The summed E-state index contributed by atoms with van der Waals surface area (Å²) in [6, 6.07) is -0.884. The monoisotopic (exact) mass is 259 g/mol. The number of rotatable bonds is 7. The topological polar surface area (TPSA) is 38.3 Å². The number of carbonyl (C=O) groups excluding carboxylic acids is 1. The van der Waals surface area contributed by atoms with Crippen molar-refractivity contribution in [3.8, 4) is 0 Å². The van der Waals surface area contributed by atoms with Gasteiger partial charge in [0.25, 0.3) is 0 Å². The quantitative estimate of drug-likeness (QED) is 0.559. The van der Waals surface area contributed by atoms with Crippen molar-refractivity contribution in [2.45, 2.75) is 25.6 Å². The van der Waals surface area contributed by atoms with Crippen LogP contribution in [0.25, 0.3) is 0 Å². The summed E-state index contributed by atoms with van der Waals surface area (Å²) in [7, 11) is 1.16. The summed E-state index contributed by atoms with van der Waals surface area (Å²) in [6.07, 6.45) is -3.98. The highest BCUT2D eigenvalue weighted by Crippen LogP contribution is 2.14. The van der Waals surface area contributed by atoms with E-state index in [4.69, 9.17) is 0 Å². The van der Waals surface area contributed by atoms with Gasteiger partial charge in [-0.15, -0.1) is 0 Å². The molecule has 96 valence electrons. The first kappa shape index (κ1) is 15.6. The normalized spacial score (nSPS) is 13.6. The fourth-order valence-electron chi connectivity index (χ4n) is 1.03. The van der Waals surface area contributed by atoms with Crippen molar-refractivity contribution < 1.29 is 22.7 Å². The maximum Gasteiger partial charge on any atom is 0.401 e. The van der Waals surface area contributed by atoms with Gasteiger partial charge in [-0.25, -0.2) is 0 Å². The van der Waals surface area contributed by atoms with Crippen LogP contribution in [0.1, 0.15) is 13.3 Å². The molecule has 1 N–H and O–H groups in total. The summed E-state index contributed by atoms with van der Waals surface area (Å²) in [4.78, 5) is 11.2. The van der Waals surface area contributed by atoms with Crippen LogP contribution >= 0.6 is 11.8 Å². The lowest BCUT2D eigenvalue weighted by atomic mass is 10.2. The van der Waals surface area contributed by atoms with Crippen molar-refractivity contribution in [2.75, 3.05) is 25.2 Å². The van der Waals surface area contributed by atoms with E-state index in [-0.39, 0.29) is 0 Å². The third-order valence-corrected chi connectivity index (χ3v) is 2.72. The highest BCUT2D eigenvalue weighted by Gasteiger charge is 2.30. The van der Waals surface area contributed by atoms with Gasteiger partial charge in [0.1, 0.15) is 6.04 Å². The summed E-state index contributed by atoms with van der Waals surface area (Å²) in [6.45, 7) is 0.768. The van der Waals surface area contributed by atoms with Crippen LogP contribution < -0.4 is 5.32 Å². The molecule has 0 aliphatic heterocycles. The van der Waals surface area contributed by atoms with E-state index in [9.17, 15) is 18.0 Å². The molecule has 0 amide bonds. The fraction of sp³-hybridized carbons (Fsp3) is 0.889. The number of methoxy groups -OCH3 is 1. The van der Waals surface area contributed by atoms with E-state index in [2.05, 4.69) is 10.1 Å². The van der Waals surface area contributed by atoms with Gasteiger partial charge in [0, 0.05) is 0 Å². The molecule has 0 heterocycles. The second kappa shape index (κ2) is 7.78. The van der Waals surface area contributed by atoms with Crippen molar-refractivity contribution >= 4 is 17.7 Å². The predicted octanol–water partition coefficient (Wildman–Crippen LogP) is 1.82. The summed E-state index contributed by atoms with van der Waals surface area (Å²) in [5.41, 5.74) is 0. The number of hydrogen-bond donors (Lipinski definition) is 1. The number of thioether (sulfide) groups is 1. The van der Waals surface area contributed by atoms with Gasteiger partial charge in [-0.1, -0.05) is 6.92 Å². The third-order valence-electron chi connectivity index (χ3n) is 1.79. The van der Waals surface area contributed by atoms with E-state index in [0.717, 1.165) is 12.9 Å². The standard InChI is InChI=1S/C9H16F3NO2S/c1-3-16-5-4-7(8(14)15-2)13-6-9(10,11)12/h7,13H,3-6H2,1-2H3. The van der Waals surface area contributed by atoms with Gasteiger partial charge in [-0.05, 0) is 17.9 Å². The molecule has 1 unspecified atom stereocenters. The molecule has 0 aromatic rings. The Hall–Kier alpha value is -0.430. The van der Waals surface area contributed by atoms with E-state index >= 15 is 0 Å². The number of carbonyl (C=O) groups is 1. The van der Waals surface area contributed by atoms with E-state index in [1.54, 1.807) is 11.8 Å². The van der Waals surface area contributed by atoms with Crippen molar-refractivity contribution in [1.82, 2.24) is 5.32 Å². The smallest absolute Gasteiger partial charge is 0.401 e. The number of nitrogens with one attached hydrogen (secondary N) is 1. The molecule has 0 aromatic carbocycles. The molecule has 3 nitrogen and oxygen atoms in total. The predicted molar refractivity (Wildman–Crippen MR) is 57.5 cm³/mol. The first-order valence-electron chi connectivity index (χ1n) is 4.86. The van der Waals surface area contributed by atoms with Crippen LogP contribution in [0, 0.1) is 0 Å². The molecule has 1 atom stereocenters. The molecule has 0 fully saturated rings. The number of alkyl halides is 3. The molecular formula is C9H16F3NO2S. The molecule has 0 spiro atoms. The summed E-state index contributed by atoms with van der Waals surface area (Å²) >= 11 is 1.57. The van der Waals surface area contributed by atoms with E-state index in [1.807, 2.05) is 6.92 Å². The van der Waals surface area contributed by atoms with Crippen LogP contribution in [-0.2, 0) is 9.53 Å². The molecule has 0 saturated heterocycles. The van der Waals surface area contributed by atoms with Gasteiger partial charge in [0.15, 0.2) is 0 Å². The van der Waals surface area contributed by atoms with Gasteiger partial charge < -0.3 is 4.74 Å². The molecule has 7 heteroatoms. The van der Waals surface area contributed by atoms with Crippen LogP contribution in [0.15, 0.2) is 0 Å². The van der Waals surface area contributed by atoms with Gasteiger partial charge >= 0.3 is 12.1 Å². The van der Waals surface area contributed by atoms with Crippen molar-refractivity contribution in [1.29, 1.82) is 0 Å². The van der Waals surface area contributed by atoms with Crippen molar-refractivity contribution in [2.24, 2.45) is 0 Å². The Bertz CT molecular complexity index is 211. The zero-order valence-electron chi connectivity index (χ0n) is 9.26. The minimum Gasteiger partial charge on any atom is -0.468 e. The first-order valence-corrected chi connectivity index (χ1v) is 6.02. The maximum absolute atomic E-state index is 12.0. The van der Waals surface area contributed by atoms with Crippen molar-refractivity contribution in [3.05, 3.63) is 0 Å². The van der Waals surface area contributed by atoms with E-state index < -0.39 is 24.7 Å². The second-order valence-electron chi connectivity index (χ2n) is 3.06. The zero-order chi connectivity index (χ0) is 12.6. The lowest BCUT2D eigenvalue weighted by Gasteiger charge is -2.17. The van der Waals surface area contributed by atoms with E-state index in [0.29, 0.717) is 12.2 Å². The zero-order valence-corrected chi connectivity index (χ0v) is 10.1. The average Bonchev–Trinajstić information content (AvgIpc) is 2.20. The molecule has 0 aliphatic carbocycles. The first-order chi connectivity index (χ1) is 7.40. The lowest BCUT2D eigenvalue weighted by molar-refractivity contribution is -0.146. The number of halogens is 3. The Morgan fingerprint density at radius 3 is 2.56 bits per heavy atom. The van der Waals surface area contributed by atoms with Crippen LogP contribution in [-0.4, -0.2) is 43.3 Å². The molecular weight excluding hydrogens is 243 g/mol. The number of hydrogen-bond acceptors (Lipinski definition) is 4. The van der Waals surface area contributed by atoms with E-state index in [1.165, 1.54) is 0 Å². The maximum atomic E-state index is 12.0. The van der Waals surface area contributed by atoms with Gasteiger partial charge in [0.2, 0.25) is 0 Å². The Morgan fingerprint density at radius 1 is 1.50 bits per heavy atom. The van der Waals surface area contributed by atoms with Gasteiger partial charge in [-0.2, -0.15) is 24.9 Å². The van der Waals surface area contributed by atoms with Crippen LogP contribution in [0.5, 0.6) is 0 Å². The van der Waals surface area contributed by atoms with Crippen LogP contribution in [0.4, 0.5) is 13.2 Å². The minimum atomic E-state index is -4.32. The largest absolute Gasteiger partial charge is 0.468 e. The van der Waals surface area contributed by atoms with Crippen LogP contribution in [0.3, 0.4) is 0 Å². The molecule has 0 aromatic heterocycles. The molecule has 16 heavy (non-hydrogen) atoms. The van der Waals surface area contributed by atoms with Gasteiger partial charge in [0.05, 0.1) is 13.7 Å². The Kier molecular flexibility index (Phi) is 7.57. The summed E-state index contributed by atoms with van der Waals surface area (Å²) < 4.78 is 40.3.